The molecule has 2 aromatic rings. The average Bonchev–Trinajstić information content (AvgIpc) is 2.81. The standard InChI is InChI=1S/C13H17N3S/c1-3-16(12-7-5-4-6-8-12)13-15-11(9-14-2)10-17-13/h4-8,10,14H,3,9H2,1-2H3. The highest BCUT2D eigenvalue weighted by atomic mass is 32.1. The molecule has 17 heavy (non-hydrogen) atoms. The van der Waals surface area contributed by atoms with Crippen molar-refractivity contribution in [3.05, 3.63) is 41.4 Å². The number of benzene rings is 1. The van der Waals surface area contributed by atoms with Crippen LogP contribution >= 0.6 is 11.3 Å². The summed E-state index contributed by atoms with van der Waals surface area (Å²) in [6.45, 7) is 3.89. The molecule has 1 heterocycles. The number of anilines is 2. The first kappa shape index (κ1) is 12.1. The van der Waals surface area contributed by atoms with Gasteiger partial charge in [-0.1, -0.05) is 18.2 Å². The van der Waals surface area contributed by atoms with E-state index in [2.05, 4.69) is 51.8 Å². The Morgan fingerprint density at radius 1 is 1.29 bits per heavy atom. The van der Waals surface area contributed by atoms with Crippen molar-refractivity contribution in [2.75, 3.05) is 18.5 Å². The minimum absolute atomic E-state index is 0.822. The fraction of sp³-hybridized carbons (Fsp3) is 0.308. The zero-order chi connectivity index (χ0) is 12.1. The number of rotatable bonds is 5. The van der Waals surface area contributed by atoms with Crippen LogP contribution in [0.3, 0.4) is 0 Å². The van der Waals surface area contributed by atoms with E-state index in [1.807, 2.05) is 13.1 Å². The highest BCUT2D eigenvalue weighted by Gasteiger charge is 2.10. The van der Waals surface area contributed by atoms with E-state index in [9.17, 15) is 0 Å². The molecule has 0 atom stereocenters. The molecule has 1 aromatic heterocycles. The Bertz CT molecular complexity index is 453. The molecule has 0 spiro atoms. The predicted molar refractivity (Wildman–Crippen MR) is 74.0 cm³/mol. The molecule has 0 bridgehead atoms. The number of para-hydroxylation sites is 1. The maximum atomic E-state index is 4.63. The van der Waals surface area contributed by atoms with Crippen molar-refractivity contribution < 1.29 is 0 Å². The Morgan fingerprint density at radius 3 is 2.71 bits per heavy atom. The molecular formula is C13H17N3S. The minimum atomic E-state index is 0.822. The van der Waals surface area contributed by atoms with E-state index in [1.165, 1.54) is 5.69 Å². The van der Waals surface area contributed by atoms with Crippen LogP contribution < -0.4 is 10.2 Å². The van der Waals surface area contributed by atoms with Crippen molar-refractivity contribution in [2.24, 2.45) is 0 Å². The van der Waals surface area contributed by atoms with E-state index in [0.29, 0.717) is 0 Å². The molecule has 0 saturated carbocycles. The van der Waals surface area contributed by atoms with Crippen LogP contribution in [0.2, 0.25) is 0 Å². The van der Waals surface area contributed by atoms with Gasteiger partial charge < -0.3 is 10.2 Å². The Labute approximate surface area is 106 Å². The predicted octanol–water partition coefficient (Wildman–Crippen LogP) is 3.02. The average molecular weight is 247 g/mol. The number of thiazole rings is 1. The Balaban J connectivity index is 2.23. The lowest BCUT2D eigenvalue weighted by Gasteiger charge is -2.19. The zero-order valence-corrected chi connectivity index (χ0v) is 11.0. The molecule has 90 valence electrons. The van der Waals surface area contributed by atoms with E-state index in [-0.39, 0.29) is 0 Å². The van der Waals surface area contributed by atoms with E-state index >= 15 is 0 Å². The van der Waals surface area contributed by atoms with Crippen LogP contribution in [0.1, 0.15) is 12.6 Å². The number of hydrogen-bond donors (Lipinski definition) is 1. The largest absolute Gasteiger partial charge is 0.318 e. The second-order valence-corrected chi connectivity index (χ2v) is 4.57. The summed E-state index contributed by atoms with van der Waals surface area (Å²) in [5.41, 5.74) is 2.29. The number of aromatic nitrogens is 1. The Kier molecular flexibility index (Phi) is 4.12. The highest BCUT2D eigenvalue weighted by molar-refractivity contribution is 7.13. The van der Waals surface area contributed by atoms with Gasteiger partial charge in [-0.25, -0.2) is 4.98 Å². The van der Waals surface area contributed by atoms with Gasteiger partial charge in [-0.05, 0) is 26.1 Å². The maximum absolute atomic E-state index is 4.63. The van der Waals surface area contributed by atoms with Gasteiger partial charge in [-0.2, -0.15) is 0 Å². The first-order chi connectivity index (χ1) is 8.35. The fourth-order valence-corrected chi connectivity index (χ4v) is 2.63. The van der Waals surface area contributed by atoms with Gasteiger partial charge in [0.25, 0.3) is 0 Å². The molecule has 0 radical (unpaired) electrons. The van der Waals surface area contributed by atoms with Crippen LogP contribution in [0.4, 0.5) is 10.8 Å². The second-order valence-electron chi connectivity index (χ2n) is 3.73. The van der Waals surface area contributed by atoms with Gasteiger partial charge >= 0.3 is 0 Å². The summed E-state index contributed by atoms with van der Waals surface area (Å²) in [7, 11) is 1.94. The topological polar surface area (TPSA) is 28.2 Å². The smallest absolute Gasteiger partial charge is 0.190 e. The van der Waals surface area contributed by atoms with Crippen molar-refractivity contribution in [1.29, 1.82) is 0 Å². The molecule has 0 saturated heterocycles. The summed E-state index contributed by atoms with van der Waals surface area (Å²) in [6, 6.07) is 10.4. The van der Waals surface area contributed by atoms with Crippen LogP contribution in [-0.4, -0.2) is 18.6 Å². The molecule has 1 N–H and O–H groups in total. The quantitative estimate of drug-likeness (QED) is 0.880. The van der Waals surface area contributed by atoms with Crippen molar-refractivity contribution in [1.82, 2.24) is 10.3 Å². The number of hydrogen-bond acceptors (Lipinski definition) is 4. The number of nitrogens with one attached hydrogen (secondary N) is 1. The molecule has 0 fully saturated rings. The van der Waals surface area contributed by atoms with E-state index in [0.717, 1.165) is 23.9 Å². The summed E-state index contributed by atoms with van der Waals surface area (Å²) in [5, 5.41) is 6.29. The van der Waals surface area contributed by atoms with Gasteiger partial charge in [-0.15, -0.1) is 11.3 Å². The summed E-state index contributed by atoms with van der Waals surface area (Å²) in [4.78, 5) is 6.86. The molecular weight excluding hydrogens is 230 g/mol. The SMILES string of the molecule is CCN(c1ccccc1)c1nc(CNC)cs1. The molecule has 1 aromatic carbocycles. The van der Waals surface area contributed by atoms with Gasteiger partial charge in [0.1, 0.15) is 0 Å². The van der Waals surface area contributed by atoms with E-state index < -0.39 is 0 Å². The molecule has 0 amide bonds. The van der Waals surface area contributed by atoms with Crippen molar-refractivity contribution >= 4 is 22.2 Å². The zero-order valence-electron chi connectivity index (χ0n) is 10.2. The monoisotopic (exact) mass is 247 g/mol. The van der Waals surface area contributed by atoms with Crippen molar-refractivity contribution in [2.45, 2.75) is 13.5 Å². The first-order valence-corrected chi connectivity index (χ1v) is 6.64. The number of nitrogens with zero attached hydrogens (tertiary/aromatic N) is 2. The van der Waals surface area contributed by atoms with Gasteiger partial charge in [0.2, 0.25) is 0 Å². The van der Waals surface area contributed by atoms with Crippen molar-refractivity contribution in [3.63, 3.8) is 0 Å². The molecule has 0 aliphatic rings. The lowest BCUT2D eigenvalue weighted by atomic mass is 10.3. The summed E-state index contributed by atoms with van der Waals surface area (Å²) in [5.74, 6) is 0. The third-order valence-corrected chi connectivity index (χ3v) is 3.42. The summed E-state index contributed by atoms with van der Waals surface area (Å²) < 4.78 is 0. The summed E-state index contributed by atoms with van der Waals surface area (Å²) >= 11 is 1.69. The van der Waals surface area contributed by atoms with E-state index in [1.54, 1.807) is 11.3 Å². The second kappa shape index (κ2) is 5.80. The van der Waals surface area contributed by atoms with Crippen molar-refractivity contribution in [3.8, 4) is 0 Å². The van der Waals surface area contributed by atoms with Crippen LogP contribution in [0, 0.1) is 0 Å². The van der Waals surface area contributed by atoms with Gasteiger partial charge in [0.05, 0.1) is 5.69 Å². The lowest BCUT2D eigenvalue weighted by molar-refractivity contribution is 0.795. The molecule has 4 heteroatoms. The molecule has 0 unspecified atom stereocenters. The third kappa shape index (κ3) is 2.84. The molecule has 2 rings (SSSR count). The van der Waals surface area contributed by atoms with Gasteiger partial charge in [0.15, 0.2) is 5.13 Å². The van der Waals surface area contributed by atoms with Crippen LogP contribution in [0.15, 0.2) is 35.7 Å². The minimum Gasteiger partial charge on any atom is -0.318 e. The lowest BCUT2D eigenvalue weighted by Crippen LogP contribution is -2.16. The van der Waals surface area contributed by atoms with Crippen LogP contribution in [-0.2, 0) is 6.54 Å². The normalized spacial score (nSPS) is 10.5. The molecule has 0 aliphatic heterocycles. The molecule has 0 aliphatic carbocycles. The van der Waals surface area contributed by atoms with E-state index in [4.69, 9.17) is 0 Å². The fourth-order valence-electron chi connectivity index (χ4n) is 1.72. The first-order valence-electron chi connectivity index (χ1n) is 5.76. The van der Waals surface area contributed by atoms with Crippen LogP contribution in [0.25, 0.3) is 0 Å². The third-order valence-electron chi connectivity index (χ3n) is 2.51. The highest BCUT2D eigenvalue weighted by Crippen LogP contribution is 2.27. The maximum Gasteiger partial charge on any atom is 0.190 e. The summed E-state index contributed by atoms with van der Waals surface area (Å²) in [6.07, 6.45) is 0. The van der Waals surface area contributed by atoms with Gasteiger partial charge in [0, 0.05) is 24.2 Å². The Hall–Kier alpha value is -1.39. The van der Waals surface area contributed by atoms with Gasteiger partial charge in [-0.3, -0.25) is 0 Å². The molecule has 3 nitrogen and oxygen atoms in total. The Morgan fingerprint density at radius 2 is 2.06 bits per heavy atom. The van der Waals surface area contributed by atoms with Crippen LogP contribution in [0.5, 0.6) is 0 Å².